The summed E-state index contributed by atoms with van der Waals surface area (Å²) < 4.78 is 11.4. The predicted molar refractivity (Wildman–Crippen MR) is 87.5 cm³/mol. The second-order valence-electron chi connectivity index (χ2n) is 5.63. The molecular weight excluding hydrogens is 262 g/mol. The van der Waals surface area contributed by atoms with Crippen LogP contribution in [-0.2, 0) is 0 Å². The summed E-state index contributed by atoms with van der Waals surface area (Å²) in [6.07, 6.45) is 5.19. The molecule has 2 atom stereocenters. The van der Waals surface area contributed by atoms with Crippen molar-refractivity contribution in [2.24, 2.45) is 0 Å². The lowest BCUT2D eigenvalue weighted by molar-refractivity contribution is 0.285. The predicted octanol–water partition coefficient (Wildman–Crippen LogP) is 4.12. The SMILES string of the molecule is CCNC1CCCCC1c1ccc(OCC)c(OCC)c1. The van der Waals surface area contributed by atoms with Gasteiger partial charge in [-0.15, -0.1) is 0 Å². The summed E-state index contributed by atoms with van der Waals surface area (Å²) in [6.45, 7) is 8.59. The molecule has 1 aliphatic rings. The summed E-state index contributed by atoms with van der Waals surface area (Å²) in [7, 11) is 0. The molecular formula is C18H29NO2. The lowest BCUT2D eigenvalue weighted by Gasteiger charge is -2.33. The number of benzene rings is 1. The van der Waals surface area contributed by atoms with Crippen LogP contribution in [0.15, 0.2) is 18.2 Å². The van der Waals surface area contributed by atoms with E-state index in [0.717, 1.165) is 18.0 Å². The molecule has 21 heavy (non-hydrogen) atoms. The van der Waals surface area contributed by atoms with E-state index >= 15 is 0 Å². The highest BCUT2D eigenvalue weighted by molar-refractivity contribution is 5.44. The molecule has 1 N–H and O–H groups in total. The van der Waals surface area contributed by atoms with Gasteiger partial charge in [-0.1, -0.05) is 25.8 Å². The highest BCUT2D eigenvalue weighted by Gasteiger charge is 2.26. The van der Waals surface area contributed by atoms with Crippen molar-refractivity contribution in [2.75, 3.05) is 19.8 Å². The normalized spacial score (nSPS) is 22.0. The van der Waals surface area contributed by atoms with Crippen molar-refractivity contribution in [2.45, 2.75) is 58.4 Å². The molecule has 2 unspecified atom stereocenters. The number of hydrogen-bond acceptors (Lipinski definition) is 3. The Morgan fingerprint density at radius 1 is 1.00 bits per heavy atom. The highest BCUT2D eigenvalue weighted by Crippen LogP contribution is 2.37. The van der Waals surface area contributed by atoms with Gasteiger partial charge in [-0.05, 0) is 56.8 Å². The second kappa shape index (κ2) is 8.28. The minimum atomic E-state index is 0.591. The maximum atomic E-state index is 5.77. The molecule has 1 aromatic rings. The van der Waals surface area contributed by atoms with Crippen LogP contribution in [0.3, 0.4) is 0 Å². The molecule has 0 aliphatic heterocycles. The molecule has 1 aliphatic carbocycles. The molecule has 0 saturated heterocycles. The maximum absolute atomic E-state index is 5.77. The van der Waals surface area contributed by atoms with Gasteiger partial charge in [-0.25, -0.2) is 0 Å². The largest absolute Gasteiger partial charge is 0.490 e. The zero-order valence-corrected chi connectivity index (χ0v) is 13.7. The van der Waals surface area contributed by atoms with E-state index < -0.39 is 0 Å². The van der Waals surface area contributed by atoms with Crippen molar-refractivity contribution in [3.63, 3.8) is 0 Å². The van der Waals surface area contributed by atoms with Crippen LogP contribution in [-0.4, -0.2) is 25.8 Å². The Hall–Kier alpha value is -1.22. The van der Waals surface area contributed by atoms with E-state index in [9.17, 15) is 0 Å². The molecule has 118 valence electrons. The lowest BCUT2D eigenvalue weighted by Crippen LogP contribution is -2.37. The Kier molecular flexibility index (Phi) is 6.37. The molecule has 0 heterocycles. The first-order valence-corrected chi connectivity index (χ1v) is 8.43. The van der Waals surface area contributed by atoms with Crippen molar-refractivity contribution in [1.29, 1.82) is 0 Å². The molecule has 3 heteroatoms. The summed E-state index contributed by atoms with van der Waals surface area (Å²) in [5.74, 6) is 2.34. The first-order chi connectivity index (χ1) is 10.3. The van der Waals surface area contributed by atoms with E-state index in [1.165, 1.54) is 31.2 Å². The molecule has 0 radical (unpaired) electrons. The summed E-state index contributed by atoms with van der Waals surface area (Å²) >= 11 is 0. The van der Waals surface area contributed by atoms with Crippen molar-refractivity contribution in [3.8, 4) is 11.5 Å². The standard InChI is InChI=1S/C18H29NO2/c1-4-19-16-10-8-7-9-15(16)14-11-12-17(20-5-2)18(13-14)21-6-3/h11-13,15-16,19H,4-10H2,1-3H3. The molecule has 0 bridgehead atoms. The number of likely N-dealkylation sites (N-methyl/N-ethyl adjacent to an activating group) is 1. The van der Waals surface area contributed by atoms with E-state index in [-0.39, 0.29) is 0 Å². The molecule has 0 aromatic heterocycles. The van der Waals surface area contributed by atoms with Crippen LogP contribution in [0.1, 0.15) is 57.9 Å². The molecule has 2 rings (SSSR count). The number of nitrogens with one attached hydrogen (secondary N) is 1. The fourth-order valence-electron chi connectivity index (χ4n) is 3.33. The van der Waals surface area contributed by atoms with Gasteiger partial charge in [-0.3, -0.25) is 0 Å². The fourth-order valence-corrected chi connectivity index (χ4v) is 3.33. The Morgan fingerprint density at radius 3 is 2.43 bits per heavy atom. The van der Waals surface area contributed by atoms with Crippen LogP contribution in [0, 0.1) is 0 Å². The zero-order valence-electron chi connectivity index (χ0n) is 13.7. The van der Waals surface area contributed by atoms with Gasteiger partial charge < -0.3 is 14.8 Å². The Labute approximate surface area is 129 Å². The summed E-state index contributed by atoms with van der Waals surface area (Å²) in [5, 5.41) is 3.65. The molecule has 0 amide bonds. The minimum Gasteiger partial charge on any atom is -0.490 e. The van der Waals surface area contributed by atoms with Crippen LogP contribution in [0.2, 0.25) is 0 Å². The van der Waals surface area contributed by atoms with Gasteiger partial charge in [0, 0.05) is 6.04 Å². The lowest BCUT2D eigenvalue weighted by atomic mass is 9.80. The van der Waals surface area contributed by atoms with Crippen LogP contribution in [0.25, 0.3) is 0 Å². The van der Waals surface area contributed by atoms with E-state index in [1.807, 2.05) is 13.8 Å². The first kappa shape index (κ1) is 16.2. The van der Waals surface area contributed by atoms with Gasteiger partial charge in [0.15, 0.2) is 11.5 Å². The Morgan fingerprint density at radius 2 is 1.71 bits per heavy atom. The van der Waals surface area contributed by atoms with Crippen LogP contribution in [0.5, 0.6) is 11.5 Å². The van der Waals surface area contributed by atoms with Crippen LogP contribution >= 0.6 is 0 Å². The number of hydrogen-bond donors (Lipinski definition) is 1. The van der Waals surface area contributed by atoms with E-state index in [1.54, 1.807) is 0 Å². The molecule has 0 spiro atoms. The van der Waals surface area contributed by atoms with E-state index in [2.05, 4.69) is 30.4 Å². The quantitative estimate of drug-likeness (QED) is 0.819. The summed E-state index contributed by atoms with van der Waals surface area (Å²) in [6, 6.07) is 7.07. The average Bonchev–Trinajstić information content (AvgIpc) is 2.50. The van der Waals surface area contributed by atoms with Gasteiger partial charge in [-0.2, -0.15) is 0 Å². The highest BCUT2D eigenvalue weighted by atomic mass is 16.5. The van der Waals surface area contributed by atoms with Crippen molar-refractivity contribution >= 4 is 0 Å². The van der Waals surface area contributed by atoms with Gasteiger partial charge in [0.2, 0.25) is 0 Å². The molecule has 1 saturated carbocycles. The van der Waals surface area contributed by atoms with Crippen LogP contribution < -0.4 is 14.8 Å². The molecule has 1 fully saturated rings. The zero-order chi connectivity index (χ0) is 15.1. The molecule has 3 nitrogen and oxygen atoms in total. The maximum Gasteiger partial charge on any atom is 0.161 e. The third-order valence-electron chi connectivity index (χ3n) is 4.23. The monoisotopic (exact) mass is 291 g/mol. The van der Waals surface area contributed by atoms with Gasteiger partial charge in [0.25, 0.3) is 0 Å². The fraction of sp³-hybridized carbons (Fsp3) is 0.667. The third-order valence-corrected chi connectivity index (χ3v) is 4.23. The van der Waals surface area contributed by atoms with Crippen molar-refractivity contribution < 1.29 is 9.47 Å². The van der Waals surface area contributed by atoms with Crippen LogP contribution in [0.4, 0.5) is 0 Å². The van der Waals surface area contributed by atoms with E-state index in [4.69, 9.17) is 9.47 Å². The Bertz CT molecular complexity index is 431. The topological polar surface area (TPSA) is 30.5 Å². The van der Waals surface area contributed by atoms with Crippen molar-refractivity contribution in [3.05, 3.63) is 23.8 Å². The average molecular weight is 291 g/mol. The number of rotatable bonds is 7. The second-order valence-corrected chi connectivity index (χ2v) is 5.63. The first-order valence-electron chi connectivity index (χ1n) is 8.43. The van der Waals surface area contributed by atoms with E-state index in [0.29, 0.717) is 25.2 Å². The Balaban J connectivity index is 2.22. The van der Waals surface area contributed by atoms with Crippen molar-refractivity contribution in [1.82, 2.24) is 5.32 Å². The minimum absolute atomic E-state index is 0.591. The summed E-state index contributed by atoms with van der Waals surface area (Å²) in [5.41, 5.74) is 1.38. The van der Waals surface area contributed by atoms with Gasteiger partial charge in [0.05, 0.1) is 13.2 Å². The third kappa shape index (κ3) is 4.13. The van der Waals surface area contributed by atoms with Gasteiger partial charge >= 0.3 is 0 Å². The smallest absolute Gasteiger partial charge is 0.161 e. The summed E-state index contributed by atoms with van der Waals surface area (Å²) in [4.78, 5) is 0. The van der Waals surface area contributed by atoms with Gasteiger partial charge in [0.1, 0.15) is 0 Å². The number of ether oxygens (including phenoxy) is 2. The molecule has 1 aromatic carbocycles.